The van der Waals surface area contributed by atoms with Crippen molar-refractivity contribution in [2.45, 2.75) is 32.4 Å². The Kier molecular flexibility index (Phi) is 6.37. The van der Waals surface area contributed by atoms with E-state index in [0.717, 1.165) is 0 Å². The summed E-state index contributed by atoms with van der Waals surface area (Å²) in [6, 6.07) is -0.854. The zero-order valence-electron chi connectivity index (χ0n) is 9.03. The summed E-state index contributed by atoms with van der Waals surface area (Å²) < 4.78 is 5.06. The van der Waals surface area contributed by atoms with E-state index in [1.807, 2.05) is 0 Å². The number of rotatable bonds is 7. The maximum absolute atomic E-state index is 11.4. The van der Waals surface area contributed by atoms with Crippen LogP contribution in [0.2, 0.25) is 0 Å². The van der Waals surface area contributed by atoms with Crippen molar-refractivity contribution >= 4 is 11.9 Å². The van der Waals surface area contributed by atoms with E-state index in [0.29, 0.717) is 6.42 Å². The lowest BCUT2D eigenvalue weighted by atomic mass is 10.2. The lowest BCUT2D eigenvalue weighted by molar-refractivity contribution is -0.143. The predicted molar refractivity (Wildman–Crippen MR) is 55.5 cm³/mol. The highest BCUT2D eigenvalue weighted by Crippen LogP contribution is 1.96. The molecule has 0 heterocycles. The summed E-state index contributed by atoms with van der Waals surface area (Å²) >= 11 is 0. The second-order valence-electron chi connectivity index (χ2n) is 3.07. The zero-order chi connectivity index (χ0) is 11.8. The van der Waals surface area contributed by atoms with Crippen molar-refractivity contribution in [3.05, 3.63) is 12.7 Å². The van der Waals surface area contributed by atoms with E-state index in [1.54, 1.807) is 13.8 Å². The summed E-state index contributed by atoms with van der Waals surface area (Å²) in [5, 5.41) is 11.1. The van der Waals surface area contributed by atoms with Gasteiger partial charge in [0.05, 0.1) is 6.61 Å². The van der Waals surface area contributed by atoms with E-state index < -0.39 is 24.0 Å². The number of carbonyl (C=O) groups is 2. The average Bonchev–Trinajstić information content (AvgIpc) is 2.21. The van der Waals surface area contributed by atoms with Gasteiger partial charge in [-0.25, -0.2) is 4.79 Å². The first-order valence-electron chi connectivity index (χ1n) is 4.78. The summed E-state index contributed by atoms with van der Waals surface area (Å²) in [6.45, 7) is 6.96. The van der Waals surface area contributed by atoms with Crippen LogP contribution in [0.4, 0.5) is 0 Å². The van der Waals surface area contributed by atoms with Crippen molar-refractivity contribution in [1.82, 2.24) is 5.32 Å². The van der Waals surface area contributed by atoms with Crippen molar-refractivity contribution in [2.75, 3.05) is 6.61 Å². The molecule has 86 valence electrons. The lowest BCUT2D eigenvalue weighted by Gasteiger charge is -2.16. The van der Waals surface area contributed by atoms with Gasteiger partial charge in [-0.2, -0.15) is 0 Å². The maximum Gasteiger partial charge on any atom is 0.326 e. The molecule has 1 amide bonds. The Hall–Kier alpha value is -1.36. The minimum Gasteiger partial charge on any atom is -0.480 e. The number of carbonyl (C=O) groups excluding carboxylic acids is 1. The summed E-state index contributed by atoms with van der Waals surface area (Å²) in [4.78, 5) is 22.0. The molecule has 2 N–H and O–H groups in total. The lowest BCUT2D eigenvalue weighted by Crippen LogP contribution is -2.45. The average molecular weight is 215 g/mol. The molecule has 0 bridgehead atoms. The highest BCUT2D eigenvalue weighted by molar-refractivity contribution is 5.85. The molecule has 0 fully saturated rings. The molecule has 2 unspecified atom stereocenters. The smallest absolute Gasteiger partial charge is 0.326 e. The summed E-state index contributed by atoms with van der Waals surface area (Å²) in [6.07, 6.45) is 1.20. The Morgan fingerprint density at radius 3 is 2.60 bits per heavy atom. The third kappa shape index (κ3) is 5.17. The first kappa shape index (κ1) is 13.6. The Labute approximate surface area is 89.1 Å². The fraction of sp³-hybridized carbons (Fsp3) is 0.600. The van der Waals surface area contributed by atoms with Gasteiger partial charge in [0.2, 0.25) is 5.91 Å². The molecular formula is C10H17NO4. The van der Waals surface area contributed by atoms with Crippen LogP contribution < -0.4 is 5.32 Å². The van der Waals surface area contributed by atoms with Crippen LogP contribution >= 0.6 is 0 Å². The fourth-order valence-corrected chi connectivity index (χ4v) is 0.916. The van der Waals surface area contributed by atoms with Gasteiger partial charge < -0.3 is 15.2 Å². The van der Waals surface area contributed by atoms with Gasteiger partial charge in [0.15, 0.2) is 0 Å². The molecule has 0 aromatic heterocycles. The Balaban J connectivity index is 4.09. The van der Waals surface area contributed by atoms with Crippen LogP contribution in [-0.4, -0.2) is 35.7 Å². The monoisotopic (exact) mass is 215 g/mol. The van der Waals surface area contributed by atoms with Gasteiger partial charge in [0.25, 0.3) is 0 Å². The molecular weight excluding hydrogens is 198 g/mol. The molecule has 0 spiro atoms. The Morgan fingerprint density at radius 1 is 1.60 bits per heavy atom. The molecule has 0 radical (unpaired) electrons. The van der Waals surface area contributed by atoms with Gasteiger partial charge in [-0.05, 0) is 13.3 Å². The molecule has 0 saturated heterocycles. The van der Waals surface area contributed by atoms with Crippen molar-refractivity contribution in [3.63, 3.8) is 0 Å². The number of amides is 1. The maximum atomic E-state index is 11.4. The molecule has 2 atom stereocenters. The fourth-order valence-electron chi connectivity index (χ4n) is 0.916. The van der Waals surface area contributed by atoms with Gasteiger partial charge in [0, 0.05) is 0 Å². The predicted octanol–water partition coefficient (Wildman–Crippen LogP) is 0.557. The molecule has 0 aliphatic heterocycles. The minimum atomic E-state index is -1.04. The summed E-state index contributed by atoms with van der Waals surface area (Å²) in [7, 11) is 0. The van der Waals surface area contributed by atoms with Crippen LogP contribution in [0, 0.1) is 0 Å². The molecule has 0 rings (SSSR count). The third-order valence-electron chi connectivity index (χ3n) is 1.86. The van der Waals surface area contributed by atoms with E-state index in [9.17, 15) is 9.59 Å². The van der Waals surface area contributed by atoms with Gasteiger partial charge >= 0.3 is 5.97 Å². The number of aliphatic carboxylic acids is 1. The Morgan fingerprint density at radius 2 is 2.20 bits per heavy atom. The molecule has 0 aromatic rings. The van der Waals surface area contributed by atoms with E-state index in [1.165, 1.54) is 6.08 Å². The second kappa shape index (κ2) is 7.00. The largest absolute Gasteiger partial charge is 0.480 e. The molecule has 0 saturated carbocycles. The summed E-state index contributed by atoms with van der Waals surface area (Å²) in [5.74, 6) is -1.46. The van der Waals surface area contributed by atoms with E-state index >= 15 is 0 Å². The van der Waals surface area contributed by atoms with Crippen molar-refractivity contribution < 1.29 is 19.4 Å². The minimum absolute atomic E-state index is 0.262. The standard InChI is InChI=1S/C10H17NO4/c1-4-6-15-7(3)9(12)11-8(5-2)10(13)14/h4,7-8H,1,5-6H2,2-3H3,(H,11,12)(H,13,14). The topological polar surface area (TPSA) is 75.6 Å². The first-order valence-corrected chi connectivity index (χ1v) is 4.78. The van der Waals surface area contributed by atoms with Crippen LogP contribution in [0.5, 0.6) is 0 Å². The SMILES string of the molecule is C=CCOC(C)C(=O)NC(CC)C(=O)O. The number of ether oxygens (including phenoxy) is 1. The molecule has 0 aliphatic rings. The van der Waals surface area contributed by atoms with Gasteiger partial charge in [0.1, 0.15) is 12.1 Å². The van der Waals surface area contributed by atoms with Gasteiger partial charge in [-0.3, -0.25) is 4.79 Å². The third-order valence-corrected chi connectivity index (χ3v) is 1.86. The van der Waals surface area contributed by atoms with Crippen LogP contribution in [0.25, 0.3) is 0 Å². The molecule has 5 nitrogen and oxygen atoms in total. The van der Waals surface area contributed by atoms with E-state index in [2.05, 4.69) is 11.9 Å². The number of carboxylic acid groups (broad SMARTS) is 1. The van der Waals surface area contributed by atoms with Gasteiger partial charge in [-0.1, -0.05) is 13.0 Å². The van der Waals surface area contributed by atoms with Crippen molar-refractivity contribution in [3.8, 4) is 0 Å². The highest BCUT2D eigenvalue weighted by Gasteiger charge is 2.21. The van der Waals surface area contributed by atoms with E-state index in [4.69, 9.17) is 9.84 Å². The van der Waals surface area contributed by atoms with Crippen LogP contribution in [-0.2, 0) is 14.3 Å². The van der Waals surface area contributed by atoms with Crippen molar-refractivity contribution in [1.29, 1.82) is 0 Å². The summed E-state index contributed by atoms with van der Waals surface area (Å²) in [5.41, 5.74) is 0. The van der Waals surface area contributed by atoms with Crippen LogP contribution in [0.3, 0.4) is 0 Å². The van der Waals surface area contributed by atoms with Crippen LogP contribution in [0.15, 0.2) is 12.7 Å². The molecule has 0 aliphatic carbocycles. The van der Waals surface area contributed by atoms with Crippen LogP contribution in [0.1, 0.15) is 20.3 Å². The normalized spacial score (nSPS) is 14.0. The van der Waals surface area contributed by atoms with Gasteiger partial charge in [-0.15, -0.1) is 6.58 Å². The number of hydrogen-bond donors (Lipinski definition) is 2. The molecule has 5 heteroatoms. The van der Waals surface area contributed by atoms with E-state index in [-0.39, 0.29) is 6.61 Å². The quantitative estimate of drug-likeness (QED) is 0.608. The van der Waals surface area contributed by atoms with Crippen molar-refractivity contribution in [2.24, 2.45) is 0 Å². The Bertz CT molecular complexity index is 240. The number of carboxylic acids is 1. The highest BCUT2D eigenvalue weighted by atomic mass is 16.5. The molecule has 15 heavy (non-hydrogen) atoms. The molecule has 0 aromatic carbocycles. The number of hydrogen-bond acceptors (Lipinski definition) is 3. The first-order chi connectivity index (χ1) is 7.02. The second-order valence-corrected chi connectivity index (χ2v) is 3.07. The zero-order valence-corrected chi connectivity index (χ0v) is 9.03. The number of nitrogens with one attached hydrogen (secondary N) is 1.